The zero-order valence-corrected chi connectivity index (χ0v) is 15.5. The SMILES string of the molecule is C=C1C(=O)O[C@@H]2C[C@@H](C)/C=C\C(=O)[C@](C)(O)[C@H](O)[C@@H](OC(=O)C(C)C)[C@@H]12. The number of rotatable bonds is 2. The number of esters is 2. The minimum atomic E-state index is -2.20. The summed E-state index contributed by atoms with van der Waals surface area (Å²) in [5.74, 6) is -3.47. The molecule has 1 aliphatic heterocycles. The van der Waals surface area contributed by atoms with Crippen molar-refractivity contribution in [3.63, 3.8) is 0 Å². The van der Waals surface area contributed by atoms with E-state index in [0.717, 1.165) is 6.92 Å². The Morgan fingerprint density at radius 2 is 2.04 bits per heavy atom. The Bertz CT molecular complexity index is 646. The number of hydrogen-bond acceptors (Lipinski definition) is 7. The fraction of sp³-hybridized carbons (Fsp3) is 0.632. The molecule has 26 heavy (non-hydrogen) atoms. The van der Waals surface area contributed by atoms with E-state index in [9.17, 15) is 24.6 Å². The van der Waals surface area contributed by atoms with Crippen molar-refractivity contribution in [1.82, 2.24) is 0 Å². The summed E-state index contributed by atoms with van der Waals surface area (Å²) in [4.78, 5) is 36.6. The van der Waals surface area contributed by atoms with Crippen LogP contribution in [-0.2, 0) is 23.9 Å². The molecule has 0 saturated carbocycles. The molecule has 1 saturated heterocycles. The van der Waals surface area contributed by atoms with Crippen LogP contribution in [0.5, 0.6) is 0 Å². The first kappa shape index (κ1) is 20.3. The Kier molecular flexibility index (Phi) is 5.73. The van der Waals surface area contributed by atoms with E-state index in [4.69, 9.17) is 9.47 Å². The minimum absolute atomic E-state index is 0.0515. The van der Waals surface area contributed by atoms with Gasteiger partial charge >= 0.3 is 11.9 Å². The van der Waals surface area contributed by atoms with E-state index >= 15 is 0 Å². The average molecular weight is 366 g/mol. The van der Waals surface area contributed by atoms with E-state index < -0.39 is 53.5 Å². The van der Waals surface area contributed by atoms with E-state index in [-0.39, 0.29) is 11.5 Å². The normalized spacial score (nSPS) is 39.3. The summed E-state index contributed by atoms with van der Waals surface area (Å²) in [5.41, 5.74) is -2.15. The lowest BCUT2D eigenvalue weighted by molar-refractivity contribution is -0.183. The highest BCUT2D eigenvalue weighted by atomic mass is 16.6. The summed E-state index contributed by atoms with van der Waals surface area (Å²) in [7, 11) is 0. The molecule has 7 heteroatoms. The first-order chi connectivity index (χ1) is 12.0. The summed E-state index contributed by atoms with van der Waals surface area (Å²) in [6.45, 7) is 9.93. The van der Waals surface area contributed by atoms with E-state index in [1.54, 1.807) is 19.9 Å². The Morgan fingerprint density at radius 3 is 2.62 bits per heavy atom. The Balaban J connectivity index is 2.53. The molecule has 1 fully saturated rings. The van der Waals surface area contributed by atoms with Crippen LogP contribution in [0.1, 0.15) is 34.1 Å². The molecule has 0 unspecified atom stereocenters. The molecule has 7 nitrogen and oxygen atoms in total. The molecule has 2 N–H and O–H groups in total. The van der Waals surface area contributed by atoms with Crippen LogP contribution in [0.3, 0.4) is 0 Å². The molecule has 2 rings (SSSR count). The standard InChI is InChI=1S/C19H26O7/c1-9(2)17(22)26-15-14-11(4)18(23)25-12(14)8-10(3)6-7-13(20)19(5,24)16(15)21/h6-7,9-10,12,14-16,21,24H,4,8H2,1-3,5H3/b7-6-/t10-,12+,14-,15-,16+,19-/m0/s1. The van der Waals surface area contributed by atoms with Gasteiger partial charge < -0.3 is 19.7 Å². The molecule has 0 aromatic heterocycles. The van der Waals surface area contributed by atoms with Crippen molar-refractivity contribution in [2.75, 3.05) is 0 Å². The topological polar surface area (TPSA) is 110 Å². The van der Waals surface area contributed by atoms with Crippen molar-refractivity contribution in [3.8, 4) is 0 Å². The van der Waals surface area contributed by atoms with E-state index in [1.165, 1.54) is 6.08 Å². The van der Waals surface area contributed by atoms with Gasteiger partial charge in [0.2, 0.25) is 0 Å². The van der Waals surface area contributed by atoms with Crippen molar-refractivity contribution in [3.05, 3.63) is 24.3 Å². The number of ketones is 1. The molecule has 1 heterocycles. The van der Waals surface area contributed by atoms with Gasteiger partial charge in [0.25, 0.3) is 0 Å². The quantitative estimate of drug-likeness (QED) is 0.552. The molecule has 144 valence electrons. The number of aliphatic hydroxyl groups is 2. The minimum Gasteiger partial charge on any atom is -0.458 e. The monoisotopic (exact) mass is 366 g/mol. The lowest BCUT2D eigenvalue weighted by Crippen LogP contribution is -2.57. The van der Waals surface area contributed by atoms with Crippen molar-refractivity contribution in [1.29, 1.82) is 0 Å². The highest BCUT2D eigenvalue weighted by Gasteiger charge is 2.53. The molecule has 2 aliphatic rings. The third-order valence-corrected chi connectivity index (χ3v) is 4.97. The first-order valence-electron chi connectivity index (χ1n) is 8.70. The first-order valence-corrected chi connectivity index (χ1v) is 8.70. The smallest absolute Gasteiger partial charge is 0.334 e. The van der Waals surface area contributed by atoms with Crippen LogP contribution in [0.15, 0.2) is 24.3 Å². The van der Waals surface area contributed by atoms with Crippen LogP contribution in [-0.4, -0.2) is 51.8 Å². The maximum Gasteiger partial charge on any atom is 0.334 e. The molecular weight excluding hydrogens is 340 g/mol. The van der Waals surface area contributed by atoms with Gasteiger partial charge in [-0.1, -0.05) is 33.4 Å². The van der Waals surface area contributed by atoms with E-state index in [2.05, 4.69) is 6.58 Å². The highest BCUT2D eigenvalue weighted by Crippen LogP contribution is 2.39. The van der Waals surface area contributed by atoms with Gasteiger partial charge in [-0.05, 0) is 25.3 Å². The Labute approximate surface area is 152 Å². The van der Waals surface area contributed by atoms with Crippen LogP contribution in [0.25, 0.3) is 0 Å². The molecule has 0 radical (unpaired) electrons. The second-order valence-corrected chi connectivity index (χ2v) is 7.58. The summed E-state index contributed by atoms with van der Waals surface area (Å²) < 4.78 is 10.8. The highest BCUT2D eigenvalue weighted by molar-refractivity contribution is 5.97. The van der Waals surface area contributed by atoms with Gasteiger partial charge in [0, 0.05) is 5.57 Å². The van der Waals surface area contributed by atoms with E-state index in [0.29, 0.717) is 6.42 Å². The van der Waals surface area contributed by atoms with Gasteiger partial charge in [0.1, 0.15) is 18.3 Å². The van der Waals surface area contributed by atoms with Crippen LogP contribution in [0.2, 0.25) is 0 Å². The number of fused-ring (bicyclic) bond motifs is 1. The maximum atomic E-state index is 12.4. The molecule has 1 aliphatic carbocycles. The molecule has 0 amide bonds. The number of allylic oxidation sites excluding steroid dienone is 1. The van der Waals surface area contributed by atoms with Gasteiger partial charge in [-0.2, -0.15) is 0 Å². The molecule has 0 bridgehead atoms. The van der Waals surface area contributed by atoms with Gasteiger partial charge in [-0.25, -0.2) is 4.79 Å². The van der Waals surface area contributed by atoms with Crippen molar-refractivity contribution in [2.45, 2.75) is 58.0 Å². The lowest BCUT2D eigenvalue weighted by atomic mass is 9.77. The summed E-state index contributed by atoms with van der Waals surface area (Å²) in [6, 6.07) is 0. The molecule has 0 aromatic rings. The van der Waals surface area contributed by atoms with Crippen molar-refractivity contribution in [2.24, 2.45) is 17.8 Å². The number of hydrogen-bond donors (Lipinski definition) is 2. The zero-order chi connectivity index (χ0) is 19.8. The maximum absolute atomic E-state index is 12.4. The Hall–Kier alpha value is -1.99. The summed E-state index contributed by atoms with van der Waals surface area (Å²) in [6.07, 6.45) is -0.625. The van der Waals surface area contributed by atoms with Crippen LogP contribution >= 0.6 is 0 Å². The number of ether oxygens (including phenoxy) is 2. The largest absolute Gasteiger partial charge is 0.458 e. The van der Waals surface area contributed by atoms with Crippen LogP contribution < -0.4 is 0 Å². The number of carbonyl (C=O) groups is 3. The summed E-state index contributed by atoms with van der Waals surface area (Å²) >= 11 is 0. The molecule has 0 spiro atoms. The van der Waals surface area contributed by atoms with E-state index in [1.807, 2.05) is 6.92 Å². The van der Waals surface area contributed by atoms with Gasteiger partial charge in [0.05, 0.1) is 11.8 Å². The predicted molar refractivity (Wildman–Crippen MR) is 91.8 cm³/mol. The molecular formula is C19H26O7. The third-order valence-electron chi connectivity index (χ3n) is 4.97. The second kappa shape index (κ2) is 7.32. The predicted octanol–water partition coefficient (Wildman–Crippen LogP) is 0.929. The second-order valence-electron chi connectivity index (χ2n) is 7.58. The summed E-state index contributed by atoms with van der Waals surface area (Å²) in [5, 5.41) is 21.4. The average Bonchev–Trinajstić information content (AvgIpc) is 2.82. The molecule has 6 atom stereocenters. The van der Waals surface area contributed by atoms with Crippen LogP contribution in [0, 0.1) is 17.8 Å². The fourth-order valence-corrected chi connectivity index (χ4v) is 3.19. The number of carbonyl (C=O) groups excluding carboxylic acids is 3. The van der Waals surface area contributed by atoms with Gasteiger partial charge in [-0.3, -0.25) is 9.59 Å². The number of aliphatic hydroxyl groups excluding tert-OH is 1. The third kappa shape index (κ3) is 3.73. The Morgan fingerprint density at radius 1 is 1.42 bits per heavy atom. The lowest BCUT2D eigenvalue weighted by Gasteiger charge is -2.37. The van der Waals surface area contributed by atoms with Gasteiger partial charge in [-0.15, -0.1) is 0 Å². The zero-order valence-electron chi connectivity index (χ0n) is 15.5. The fourth-order valence-electron chi connectivity index (χ4n) is 3.19. The van der Waals surface area contributed by atoms with Crippen molar-refractivity contribution < 1.29 is 34.1 Å². The van der Waals surface area contributed by atoms with Crippen molar-refractivity contribution >= 4 is 17.7 Å². The molecule has 0 aromatic carbocycles. The van der Waals surface area contributed by atoms with Crippen LogP contribution in [0.4, 0.5) is 0 Å². The van der Waals surface area contributed by atoms with Gasteiger partial charge in [0.15, 0.2) is 11.4 Å².